The van der Waals surface area contributed by atoms with Gasteiger partial charge in [0.25, 0.3) is 5.91 Å². The van der Waals surface area contributed by atoms with Crippen LogP contribution in [-0.2, 0) is 4.79 Å². The fourth-order valence-electron chi connectivity index (χ4n) is 1.41. The molecule has 0 aliphatic carbocycles. The number of nitrogens with one attached hydrogen (secondary N) is 2. The molecule has 0 radical (unpaired) electrons. The highest BCUT2D eigenvalue weighted by molar-refractivity contribution is 9.10. The van der Waals surface area contributed by atoms with Gasteiger partial charge in [-0.05, 0) is 41.3 Å². The molecule has 7 heteroatoms. The minimum atomic E-state index is -0.990. The second-order valence-corrected chi connectivity index (χ2v) is 4.84. The molecule has 100 valence electrons. The molecule has 0 bridgehead atoms. The van der Waals surface area contributed by atoms with Gasteiger partial charge in [-0.15, -0.1) is 0 Å². The molecule has 1 atom stereocenters. The van der Waals surface area contributed by atoms with Gasteiger partial charge in [0.2, 0.25) is 0 Å². The number of hydrogen-bond donors (Lipinski definition) is 4. The van der Waals surface area contributed by atoms with Gasteiger partial charge in [0.05, 0.1) is 0 Å². The second-order valence-electron chi connectivity index (χ2n) is 3.93. The van der Waals surface area contributed by atoms with Crippen molar-refractivity contribution in [3.8, 4) is 0 Å². The Bertz CT molecular complexity index is 419. The van der Waals surface area contributed by atoms with Crippen molar-refractivity contribution in [1.82, 2.24) is 10.3 Å². The Kier molecular flexibility index (Phi) is 5.87. The fourth-order valence-corrected chi connectivity index (χ4v) is 1.75. The van der Waals surface area contributed by atoms with Crippen molar-refractivity contribution in [2.24, 2.45) is 5.73 Å². The molecule has 1 aromatic heterocycles. The van der Waals surface area contributed by atoms with Crippen LogP contribution in [0.4, 0.5) is 0 Å². The van der Waals surface area contributed by atoms with Crippen molar-refractivity contribution < 1.29 is 14.7 Å². The van der Waals surface area contributed by atoms with E-state index in [1.54, 1.807) is 12.3 Å². The topological polar surface area (TPSA) is 108 Å². The monoisotopic (exact) mass is 317 g/mol. The standard InChI is InChI=1S/C11H16BrN3O3/c12-7-5-9(15-6-7)10(16)14-4-2-1-3-8(13)11(17)18/h5-6,8,15H,1-4,13H2,(H,14,16)(H,17,18). The van der Waals surface area contributed by atoms with Gasteiger partial charge in [0.1, 0.15) is 11.7 Å². The lowest BCUT2D eigenvalue weighted by Crippen LogP contribution is -2.30. The molecule has 1 unspecified atom stereocenters. The summed E-state index contributed by atoms with van der Waals surface area (Å²) in [7, 11) is 0. The molecule has 5 N–H and O–H groups in total. The molecule has 0 aromatic carbocycles. The number of amides is 1. The third-order valence-electron chi connectivity index (χ3n) is 2.44. The van der Waals surface area contributed by atoms with Crippen LogP contribution >= 0.6 is 15.9 Å². The first kappa shape index (κ1) is 14.7. The van der Waals surface area contributed by atoms with Gasteiger partial charge in [0, 0.05) is 17.2 Å². The number of unbranched alkanes of at least 4 members (excludes halogenated alkanes) is 1. The van der Waals surface area contributed by atoms with E-state index in [2.05, 4.69) is 26.2 Å². The van der Waals surface area contributed by atoms with E-state index in [4.69, 9.17) is 10.8 Å². The summed E-state index contributed by atoms with van der Waals surface area (Å²) in [4.78, 5) is 24.9. The lowest BCUT2D eigenvalue weighted by atomic mass is 10.1. The number of rotatable bonds is 7. The SMILES string of the molecule is NC(CCCCNC(=O)c1cc(Br)c[nH]1)C(=O)O. The van der Waals surface area contributed by atoms with Crippen molar-refractivity contribution in [3.05, 3.63) is 22.4 Å². The van der Waals surface area contributed by atoms with Crippen molar-refractivity contribution in [3.63, 3.8) is 0 Å². The Hall–Kier alpha value is -1.34. The molecular formula is C11H16BrN3O3. The van der Waals surface area contributed by atoms with E-state index in [1.807, 2.05) is 0 Å². The van der Waals surface area contributed by atoms with Gasteiger partial charge < -0.3 is 21.1 Å². The molecule has 1 heterocycles. The van der Waals surface area contributed by atoms with E-state index in [1.165, 1.54) is 0 Å². The van der Waals surface area contributed by atoms with Gasteiger partial charge in [-0.1, -0.05) is 0 Å². The number of aromatic amines is 1. The molecule has 0 spiro atoms. The van der Waals surface area contributed by atoms with Gasteiger partial charge in [0.15, 0.2) is 0 Å². The number of nitrogens with two attached hydrogens (primary N) is 1. The van der Waals surface area contributed by atoms with Gasteiger partial charge >= 0.3 is 5.97 Å². The number of carboxylic acids is 1. The molecule has 18 heavy (non-hydrogen) atoms. The van der Waals surface area contributed by atoms with Crippen molar-refractivity contribution in [2.75, 3.05) is 6.54 Å². The molecule has 0 saturated carbocycles. The summed E-state index contributed by atoms with van der Waals surface area (Å²) in [6.07, 6.45) is 3.47. The highest BCUT2D eigenvalue weighted by Crippen LogP contribution is 2.10. The number of H-pyrrole nitrogens is 1. The minimum Gasteiger partial charge on any atom is -0.480 e. The highest BCUT2D eigenvalue weighted by Gasteiger charge is 2.10. The smallest absolute Gasteiger partial charge is 0.320 e. The van der Waals surface area contributed by atoms with Gasteiger partial charge in [-0.25, -0.2) is 0 Å². The van der Waals surface area contributed by atoms with Crippen LogP contribution in [0, 0.1) is 0 Å². The average Bonchev–Trinajstić information content (AvgIpc) is 2.74. The van der Waals surface area contributed by atoms with E-state index >= 15 is 0 Å². The quantitative estimate of drug-likeness (QED) is 0.564. The van der Waals surface area contributed by atoms with Crippen LogP contribution in [-0.4, -0.2) is 34.6 Å². The Morgan fingerprint density at radius 2 is 2.22 bits per heavy atom. The van der Waals surface area contributed by atoms with Crippen LogP contribution in [0.5, 0.6) is 0 Å². The number of hydrogen-bond acceptors (Lipinski definition) is 3. The van der Waals surface area contributed by atoms with Crippen LogP contribution < -0.4 is 11.1 Å². The molecule has 0 aliphatic heterocycles. The zero-order valence-corrected chi connectivity index (χ0v) is 11.4. The first-order valence-electron chi connectivity index (χ1n) is 5.61. The molecule has 0 saturated heterocycles. The number of aromatic nitrogens is 1. The van der Waals surface area contributed by atoms with Crippen LogP contribution in [0.25, 0.3) is 0 Å². The average molecular weight is 318 g/mol. The number of carboxylic acid groups (broad SMARTS) is 1. The van der Waals surface area contributed by atoms with Crippen LogP contribution in [0.1, 0.15) is 29.8 Å². The van der Waals surface area contributed by atoms with E-state index in [9.17, 15) is 9.59 Å². The van der Waals surface area contributed by atoms with Crippen LogP contribution in [0.3, 0.4) is 0 Å². The van der Waals surface area contributed by atoms with E-state index in [0.29, 0.717) is 31.5 Å². The highest BCUT2D eigenvalue weighted by atomic mass is 79.9. The maximum atomic E-state index is 11.6. The van der Waals surface area contributed by atoms with Crippen molar-refractivity contribution >= 4 is 27.8 Å². The molecule has 0 fully saturated rings. The maximum Gasteiger partial charge on any atom is 0.320 e. The van der Waals surface area contributed by atoms with E-state index in [0.717, 1.165) is 4.47 Å². The Morgan fingerprint density at radius 1 is 1.50 bits per heavy atom. The maximum absolute atomic E-state index is 11.6. The Morgan fingerprint density at radius 3 is 2.78 bits per heavy atom. The summed E-state index contributed by atoms with van der Waals surface area (Å²) in [6, 6.07) is 0.871. The molecule has 1 aromatic rings. The summed E-state index contributed by atoms with van der Waals surface area (Å²) in [6.45, 7) is 0.502. The van der Waals surface area contributed by atoms with Crippen LogP contribution in [0.15, 0.2) is 16.7 Å². The van der Waals surface area contributed by atoms with Crippen molar-refractivity contribution in [1.29, 1.82) is 0 Å². The first-order valence-corrected chi connectivity index (χ1v) is 6.40. The van der Waals surface area contributed by atoms with E-state index < -0.39 is 12.0 Å². The summed E-state index contributed by atoms with van der Waals surface area (Å²) in [5.74, 6) is -1.17. The summed E-state index contributed by atoms with van der Waals surface area (Å²) in [5, 5.41) is 11.3. The summed E-state index contributed by atoms with van der Waals surface area (Å²) >= 11 is 3.24. The Balaban J connectivity index is 2.15. The first-order chi connectivity index (χ1) is 8.50. The lowest BCUT2D eigenvalue weighted by molar-refractivity contribution is -0.138. The largest absolute Gasteiger partial charge is 0.480 e. The second kappa shape index (κ2) is 7.17. The predicted molar refractivity (Wildman–Crippen MR) is 70.3 cm³/mol. The third-order valence-corrected chi connectivity index (χ3v) is 2.89. The number of halogens is 1. The normalized spacial score (nSPS) is 12.1. The number of carbonyl (C=O) groups excluding carboxylic acids is 1. The molecular weight excluding hydrogens is 302 g/mol. The fraction of sp³-hybridized carbons (Fsp3) is 0.455. The third kappa shape index (κ3) is 4.89. The predicted octanol–water partition coefficient (Wildman–Crippen LogP) is 1.09. The number of carbonyl (C=O) groups is 2. The molecule has 1 rings (SSSR count). The van der Waals surface area contributed by atoms with Crippen molar-refractivity contribution in [2.45, 2.75) is 25.3 Å². The van der Waals surface area contributed by atoms with E-state index in [-0.39, 0.29) is 5.91 Å². The molecule has 0 aliphatic rings. The molecule has 6 nitrogen and oxygen atoms in total. The molecule has 1 amide bonds. The van der Waals surface area contributed by atoms with Gasteiger partial charge in [-0.3, -0.25) is 9.59 Å². The zero-order valence-electron chi connectivity index (χ0n) is 9.78. The minimum absolute atomic E-state index is 0.178. The summed E-state index contributed by atoms with van der Waals surface area (Å²) in [5.41, 5.74) is 5.85. The van der Waals surface area contributed by atoms with Crippen LogP contribution in [0.2, 0.25) is 0 Å². The Labute approximate surface area is 113 Å². The lowest BCUT2D eigenvalue weighted by Gasteiger charge is -2.06. The number of aliphatic carboxylic acids is 1. The summed E-state index contributed by atoms with van der Waals surface area (Å²) < 4.78 is 0.820. The van der Waals surface area contributed by atoms with Gasteiger partial charge in [-0.2, -0.15) is 0 Å². The zero-order chi connectivity index (χ0) is 13.5.